The first-order chi connectivity index (χ1) is 13.9. The Morgan fingerprint density at radius 1 is 1.07 bits per heavy atom. The highest BCUT2D eigenvalue weighted by Gasteiger charge is 2.10. The van der Waals surface area contributed by atoms with Gasteiger partial charge in [0.25, 0.3) is 0 Å². The van der Waals surface area contributed by atoms with Gasteiger partial charge in [0.1, 0.15) is 0 Å². The Kier molecular flexibility index (Phi) is 8.54. The number of thioether (sulfide) groups is 1. The first-order valence-corrected chi connectivity index (χ1v) is 9.97. The van der Waals surface area contributed by atoms with Crippen LogP contribution in [-0.4, -0.2) is 38.2 Å². The molecule has 0 saturated carbocycles. The van der Waals surface area contributed by atoms with E-state index >= 15 is 0 Å². The van der Waals surface area contributed by atoms with E-state index in [1.807, 2.05) is 0 Å². The van der Waals surface area contributed by atoms with Crippen molar-refractivity contribution in [3.05, 3.63) is 58.7 Å². The highest BCUT2D eigenvalue weighted by Crippen LogP contribution is 2.27. The van der Waals surface area contributed by atoms with Crippen molar-refractivity contribution in [3.8, 4) is 11.5 Å². The van der Waals surface area contributed by atoms with E-state index in [-0.39, 0.29) is 11.7 Å². The number of carbonyl (C=O) groups is 2. The number of carbonyl (C=O) groups excluding carboxylic acids is 2. The predicted octanol–water partition coefficient (Wildman–Crippen LogP) is 3.84. The molecule has 0 aliphatic carbocycles. The Hall–Kier alpha value is -3.00. The molecule has 2 aromatic carbocycles. The first kappa shape index (κ1) is 22.3. The van der Waals surface area contributed by atoms with E-state index < -0.39 is 6.16 Å². The summed E-state index contributed by atoms with van der Waals surface area (Å²) in [6.07, 6.45) is 0.645. The fourth-order valence-corrected chi connectivity index (χ4v) is 3.36. The van der Waals surface area contributed by atoms with Gasteiger partial charge in [-0.3, -0.25) is 4.79 Å². The molecule has 0 saturated heterocycles. The number of hydrogen-bond acceptors (Lipinski definition) is 7. The molecule has 0 aliphatic heterocycles. The summed E-state index contributed by atoms with van der Waals surface area (Å²) < 4.78 is 14.6. The lowest BCUT2D eigenvalue weighted by atomic mass is 10.1. The zero-order chi connectivity index (χ0) is 21.2. The van der Waals surface area contributed by atoms with E-state index in [0.29, 0.717) is 17.1 Å². The van der Waals surface area contributed by atoms with Gasteiger partial charge < -0.3 is 14.2 Å². The minimum atomic E-state index is -0.838. The maximum atomic E-state index is 11.9. The van der Waals surface area contributed by atoms with Gasteiger partial charge >= 0.3 is 6.16 Å². The lowest BCUT2D eigenvalue weighted by Gasteiger charge is -2.08. The SMILES string of the molecule is COC(=O)Oc1ccc(/C=N\NC(=O)CSCc2cc(C)cc(C)c2)cc1OC. The number of rotatable bonds is 8. The van der Waals surface area contributed by atoms with Gasteiger partial charge in [0.2, 0.25) is 5.91 Å². The van der Waals surface area contributed by atoms with Gasteiger partial charge in [-0.2, -0.15) is 5.10 Å². The third-order valence-corrected chi connectivity index (χ3v) is 4.74. The number of ether oxygens (including phenoxy) is 3. The molecular weight excluding hydrogens is 392 g/mol. The third-order valence-electron chi connectivity index (χ3n) is 3.73. The Morgan fingerprint density at radius 3 is 2.45 bits per heavy atom. The van der Waals surface area contributed by atoms with Crippen molar-refractivity contribution in [3.63, 3.8) is 0 Å². The van der Waals surface area contributed by atoms with Crippen molar-refractivity contribution in [2.75, 3.05) is 20.0 Å². The summed E-state index contributed by atoms with van der Waals surface area (Å²) in [4.78, 5) is 23.2. The zero-order valence-corrected chi connectivity index (χ0v) is 17.7. The molecule has 154 valence electrons. The maximum Gasteiger partial charge on any atom is 0.513 e. The van der Waals surface area contributed by atoms with Crippen LogP contribution >= 0.6 is 11.8 Å². The number of methoxy groups -OCH3 is 2. The average molecular weight is 416 g/mol. The highest BCUT2D eigenvalue weighted by molar-refractivity contribution is 7.99. The molecular formula is C21H24N2O5S. The molecule has 0 spiro atoms. The van der Waals surface area contributed by atoms with Crippen LogP contribution in [-0.2, 0) is 15.3 Å². The van der Waals surface area contributed by atoms with Crippen LogP contribution in [0.1, 0.15) is 22.3 Å². The molecule has 0 unspecified atom stereocenters. The van der Waals surface area contributed by atoms with Crippen LogP contribution in [0.3, 0.4) is 0 Å². The standard InChI is InChI=1S/C21H24N2O5S/c1-14-7-15(2)9-17(8-14)12-29-13-20(24)23-22-11-16-5-6-18(19(10-16)26-3)28-21(25)27-4/h5-11H,12-13H2,1-4H3,(H,23,24)/b22-11-. The Balaban J connectivity index is 1.83. The topological polar surface area (TPSA) is 86.2 Å². The monoisotopic (exact) mass is 416 g/mol. The molecule has 1 amide bonds. The van der Waals surface area contributed by atoms with Crippen LogP contribution in [0.4, 0.5) is 4.79 Å². The van der Waals surface area contributed by atoms with Crippen molar-refractivity contribution < 1.29 is 23.8 Å². The van der Waals surface area contributed by atoms with Gasteiger partial charge in [-0.1, -0.05) is 29.3 Å². The third kappa shape index (κ3) is 7.50. The van der Waals surface area contributed by atoms with E-state index in [1.54, 1.807) is 18.2 Å². The van der Waals surface area contributed by atoms with Crippen molar-refractivity contribution in [2.24, 2.45) is 5.10 Å². The molecule has 1 N–H and O–H groups in total. The Morgan fingerprint density at radius 2 is 1.79 bits per heavy atom. The molecule has 7 nitrogen and oxygen atoms in total. The number of amides is 1. The van der Waals surface area contributed by atoms with Gasteiger partial charge in [0, 0.05) is 5.75 Å². The second kappa shape index (κ2) is 11.1. The summed E-state index contributed by atoms with van der Waals surface area (Å²) in [5.41, 5.74) is 6.80. The summed E-state index contributed by atoms with van der Waals surface area (Å²) in [6.45, 7) is 4.12. The number of benzene rings is 2. The van der Waals surface area contributed by atoms with Gasteiger partial charge in [-0.05, 0) is 43.2 Å². The molecule has 2 rings (SSSR count). The molecule has 0 bridgehead atoms. The lowest BCUT2D eigenvalue weighted by molar-refractivity contribution is -0.118. The second-order valence-corrected chi connectivity index (χ2v) is 7.23. The first-order valence-electron chi connectivity index (χ1n) is 8.82. The molecule has 0 aromatic heterocycles. The van der Waals surface area contributed by atoms with E-state index in [9.17, 15) is 9.59 Å². The van der Waals surface area contributed by atoms with E-state index in [1.165, 1.54) is 48.9 Å². The fraction of sp³-hybridized carbons (Fsp3) is 0.286. The fourth-order valence-electron chi connectivity index (χ4n) is 2.61. The molecule has 2 aromatic rings. The highest BCUT2D eigenvalue weighted by atomic mass is 32.2. The van der Waals surface area contributed by atoms with Crippen molar-refractivity contribution in [1.29, 1.82) is 0 Å². The van der Waals surface area contributed by atoms with Crippen molar-refractivity contribution in [1.82, 2.24) is 5.43 Å². The minimum Gasteiger partial charge on any atom is -0.493 e. The summed E-state index contributed by atoms with van der Waals surface area (Å²) >= 11 is 1.53. The zero-order valence-electron chi connectivity index (χ0n) is 16.9. The van der Waals surface area contributed by atoms with Gasteiger partial charge in [-0.15, -0.1) is 11.8 Å². The largest absolute Gasteiger partial charge is 0.513 e. The number of nitrogens with zero attached hydrogens (tertiary/aromatic N) is 1. The maximum absolute atomic E-state index is 11.9. The summed E-state index contributed by atoms with van der Waals surface area (Å²) in [5.74, 6) is 1.45. The van der Waals surface area contributed by atoms with Gasteiger partial charge in [0.05, 0.1) is 26.2 Å². The number of hydrazone groups is 1. The quantitative estimate of drug-likeness (QED) is 0.305. The van der Waals surface area contributed by atoms with Crippen molar-refractivity contribution in [2.45, 2.75) is 19.6 Å². The average Bonchev–Trinajstić information content (AvgIpc) is 2.68. The lowest BCUT2D eigenvalue weighted by Crippen LogP contribution is -2.19. The van der Waals surface area contributed by atoms with E-state index in [4.69, 9.17) is 9.47 Å². The number of nitrogens with one attached hydrogen (secondary N) is 1. The molecule has 0 atom stereocenters. The number of hydrogen-bond donors (Lipinski definition) is 1. The molecule has 0 fully saturated rings. The van der Waals surface area contributed by atoms with Gasteiger partial charge in [0.15, 0.2) is 11.5 Å². The molecule has 8 heteroatoms. The Bertz CT molecular complexity index is 878. The molecule has 0 aliphatic rings. The number of aryl methyl sites for hydroxylation is 2. The van der Waals surface area contributed by atoms with Crippen LogP contribution in [0.15, 0.2) is 41.5 Å². The van der Waals surface area contributed by atoms with E-state index in [2.05, 4.69) is 47.3 Å². The summed E-state index contributed by atoms with van der Waals surface area (Å²) in [7, 11) is 2.67. The summed E-state index contributed by atoms with van der Waals surface area (Å²) in [6, 6.07) is 11.2. The second-order valence-electron chi connectivity index (χ2n) is 6.25. The van der Waals surface area contributed by atoms with Crippen molar-refractivity contribution >= 4 is 30.0 Å². The summed E-state index contributed by atoms with van der Waals surface area (Å²) in [5, 5.41) is 3.95. The Labute approximate surface area is 174 Å². The molecule has 0 radical (unpaired) electrons. The van der Waals surface area contributed by atoms with Crippen LogP contribution in [0.5, 0.6) is 11.5 Å². The normalized spacial score (nSPS) is 10.6. The van der Waals surface area contributed by atoms with Crippen LogP contribution in [0.2, 0.25) is 0 Å². The molecule has 0 heterocycles. The molecule has 29 heavy (non-hydrogen) atoms. The van der Waals surface area contributed by atoms with Crippen LogP contribution in [0, 0.1) is 13.8 Å². The van der Waals surface area contributed by atoms with E-state index in [0.717, 1.165) is 5.75 Å². The smallest absolute Gasteiger partial charge is 0.493 e. The minimum absolute atomic E-state index is 0.187. The van der Waals surface area contributed by atoms with Gasteiger partial charge in [-0.25, -0.2) is 10.2 Å². The predicted molar refractivity (Wildman–Crippen MR) is 114 cm³/mol. The van der Waals surface area contributed by atoms with Crippen LogP contribution in [0.25, 0.3) is 0 Å². The van der Waals surface area contributed by atoms with Crippen LogP contribution < -0.4 is 14.9 Å².